The van der Waals surface area contributed by atoms with E-state index in [-0.39, 0.29) is 5.91 Å². The van der Waals surface area contributed by atoms with Gasteiger partial charge in [-0.25, -0.2) is 4.98 Å². The van der Waals surface area contributed by atoms with Gasteiger partial charge in [0.2, 0.25) is 0 Å². The molecule has 1 aromatic heterocycles. The summed E-state index contributed by atoms with van der Waals surface area (Å²) in [5, 5.41) is 3.62. The van der Waals surface area contributed by atoms with Gasteiger partial charge in [0.05, 0.1) is 21.2 Å². The molecule has 0 spiro atoms. The first-order valence-corrected chi connectivity index (χ1v) is 6.77. The minimum absolute atomic E-state index is 0.327. The first-order valence-electron chi connectivity index (χ1n) is 4.79. The van der Waals surface area contributed by atoms with Crippen molar-refractivity contribution >= 4 is 55.6 Å². The summed E-state index contributed by atoms with van der Waals surface area (Å²) < 4.78 is 0.834. The van der Waals surface area contributed by atoms with Crippen molar-refractivity contribution in [2.75, 3.05) is 10.7 Å². The van der Waals surface area contributed by atoms with Crippen LogP contribution < -0.4 is 16.6 Å². The van der Waals surface area contributed by atoms with Crippen molar-refractivity contribution < 1.29 is 4.79 Å². The molecule has 0 aliphatic heterocycles. The smallest absolute Gasteiger partial charge is 0.259 e. The van der Waals surface area contributed by atoms with E-state index in [4.69, 9.17) is 17.4 Å². The molecule has 0 atom stereocenters. The number of carbonyl (C=O) groups excluding carboxylic acids is 1. The van der Waals surface area contributed by atoms with Crippen molar-refractivity contribution in [3.63, 3.8) is 0 Å². The third kappa shape index (κ3) is 2.99. The van der Waals surface area contributed by atoms with Gasteiger partial charge in [0.1, 0.15) is 0 Å². The second-order valence-electron chi connectivity index (χ2n) is 3.26. The number of amides is 1. The zero-order chi connectivity index (χ0) is 13.1. The van der Waals surface area contributed by atoms with Crippen molar-refractivity contribution in [1.29, 1.82) is 0 Å². The third-order valence-corrected chi connectivity index (χ3v) is 3.71. The maximum atomic E-state index is 12.0. The number of nitrogens with zero attached hydrogens (tertiary/aromatic N) is 1. The normalized spacial score (nSPS) is 10.2. The molecule has 1 heterocycles. The summed E-state index contributed by atoms with van der Waals surface area (Å²) in [5.41, 5.74) is 3.30. The highest BCUT2D eigenvalue weighted by Gasteiger charge is 2.13. The standard InChI is InChI=1S/C10H8BrClN4OS/c11-8-4-14-10(18-8)15-9(17)6-3-5(12)1-2-7(6)16-13/h1-4,16H,13H2,(H,14,15,17). The quantitative estimate of drug-likeness (QED) is 0.589. The van der Waals surface area contributed by atoms with Crippen LogP contribution in [0, 0.1) is 0 Å². The van der Waals surface area contributed by atoms with Gasteiger partial charge >= 0.3 is 0 Å². The highest BCUT2D eigenvalue weighted by molar-refractivity contribution is 9.11. The van der Waals surface area contributed by atoms with E-state index in [2.05, 4.69) is 31.7 Å². The number of rotatable bonds is 3. The Morgan fingerprint density at radius 2 is 2.28 bits per heavy atom. The van der Waals surface area contributed by atoms with Gasteiger partial charge in [-0.1, -0.05) is 22.9 Å². The highest BCUT2D eigenvalue weighted by atomic mass is 79.9. The molecule has 0 saturated heterocycles. The number of nitrogens with two attached hydrogens (primary N) is 1. The molecular formula is C10H8BrClN4OS. The zero-order valence-electron chi connectivity index (χ0n) is 8.91. The summed E-state index contributed by atoms with van der Waals surface area (Å²) in [4.78, 5) is 16.1. The van der Waals surface area contributed by atoms with Gasteiger partial charge in [-0.05, 0) is 34.1 Å². The van der Waals surface area contributed by atoms with E-state index in [1.165, 1.54) is 17.4 Å². The number of hydrogen-bond donors (Lipinski definition) is 3. The number of halogens is 2. The lowest BCUT2D eigenvalue weighted by Crippen LogP contribution is -2.17. The number of benzene rings is 1. The fourth-order valence-electron chi connectivity index (χ4n) is 1.31. The van der Waals surface area contributed by atoms with Crippen molar-refractivity contribution in [2.24, 2.45) is 5.84 Å². The van der Waals surface area contributed by atoms with Gasteiger partial charge in [-0.3, -0.25) is 16.0 Å². The summed E-state index contributed by atoms with van der Waals surface area (Å²) in [5.74, 6) is 5.02. The van der Waals surface area contributed by atoms with Crippen molar-refractivity contribution in [1.82, 2.24) is 4.98 Å². The van der Waals surface area contributed by atoms with Gasteiger partial charge in [-0.2, -0.15) is 0 Å². The molecule has 0 aliphatic rings. The van der Waals surface area contributed by atoms with E-state index < -0.39 is 0 Å². The maximum Gasteiger partial charge on any atom is 0.259 e. The number of aromatic nitrogens is 1. The number of hydrazine groups is 1. The highest BCUT2D eigenvalue weighted by Crippen LogP contribution is 2.25. The predicted molar refractivity (Wildman–Crippen MR) is 77.0 cm³/mol. The summed E-state index contributed by atoms with van der Waals surface area (Å²) >= 11 is 10.4. The van der Waals surface area contributed by atoms with Gasteiger partial charge in [0.15, 0.2) is 5.13 Å². The van der Waals surface area contributed by atoms with Crippen LogP contribution >= 0.6 is 38.9 Å². The van der Waals surface area contributed by atoms with Gasteiger partial charge in [0.25, 0.3) is 5.91 Å². The van der Waals surface area contributed by atoms with Crippen LogP contribution in [0.5, 0.6) is 0 Å². The Morgan fingerprint density at radius 3 is 2.89 bits per heavy atom. The molecule has 0 saturated carbocycles. The van der Waals surface area contributed by atoms with Crippen LogP contribution in [0.1, 0.15) is 10.4 Å². The molecule has 1 amide bonds. The Hall–Kier alpha value is -1.15. The molecule has 18 heavy (non-hydrogen) atoms. The Bertz CT molecular complexity index is 589. The zero-order valence-corrected chi connectivity index (χ0v) is 12.1. The van der Waals surface area contributed by atoms with Gasteiger partial charge < -0.3 is 5.43 Å². The number of carbonyl (C=O) groups is 1. The fourth-order valence-corrected chi connectivity index (χ4v) is 2.58. The molecule has 5 nitrogen and oxygen atoms in total. The van der Waals surface area contributed by atoms with E-state index in [0.717, 1.165) is 3.79 Å². The molecule has 0 bridgehead atoms. The van der Waals surface area contributed by atoms with Crippen LogP contribution in [0.15, 0.2) is 28.2 Å². The first-order chi connectivity index (χ1) is 8.60. The molecule has 0 aliphatic carbocycles. The Labute approximate surface area is 120 Å². The second-order valence-corrected chi connectivity index (χ2v) is 6.10. The maximum absolute atomic E-state index is 12.0. The van der Waals surface area contributed by atoms with Gasteiger partial charge in [0, 0.05) is 5.02 Å². The fraction of sp³-hybridized carbons (Fsp3) is 0. The molecule has 4 N–H and O–H groups in total. The Balaban J connectivity index is 2.25. The number of anilines is 2. The lowest BCUT2D eigenvalue weighted by atomic mass is 10.1. The van der Waals surface area contributed by atoms with E-state index in [9.17, 15) is 4.79 Å². The van der Waals surface area contributed by atoms with E-state index >= 15 is 0 Å². The van der Waals surface area contributed by atoms with Crippen LogP contribution in [-0.4, -0.2) is 10.9 Å². The molecule has 94 valence electrons. The van der Waals surface area contributed by atoms with Crippen LogP contribution in [0.2, 0.25) is 5.02 Å². The molecule has 2 aromatic rings. The van der Waals surface area contributed by atoms with E-state index in [1.807, 2.05) is 0 Å². The first kappa shape index (κ1) is 13.3. The summed E-state index contributed by atoms with van der Waals surface area (Å²) in [6.07, 6.45) is 1.61. The lowest BCUT2D eigenvalue weighted by Gasteiger charge is -2.08. The number of thiazole rings is 1. The van der Waals surface area contributed by atoms with Crippen molar-refractivity contribution in [3.8, 4) is 0 Å². The average Bonchev–Trinajstić information content (AvgIpc) is 2.74. The average molecular weight is 348 g/mol. The minimum Gasteiger partial charge on any atom is -0.323 e. The molecule has 2 rings (SSSR count). The molecule has 1 aromatic carbocycles. The SMILES string of the molecule is NNc1ccc(Cl)cc1C(=O)Nc1ncc(Br)s1. The molecular weight excluding hydrogens is 340 g/mol. The minimum atomic E-state index is -0.327. The predicted octanol–water partition coefficient (Wildman–Crippen LogP) is 3.10. The van der Waals surface area contributed by atoms with Crippen LogP contribution in [0.3, 0.4) is 0 Å². The van der Waals surface area contributed by atoms with Crippen molar-refractivity contribution in [2.45, 2.75) is 0 Å². The topological polar surface area (TPSA) is 80.0 Å². The summed E-state index contributed by atoms with van der Waals surface area (Å²) in [7, 11) is 0. The summed E-state index contributed by atoms with van der Waals surface area (Å²) in [6, 6.07) is 4.82. The van der Waals surface area contributed by atoms with E-state index in [1.54, 1.807) is 18.3 Å². The van der Waals surface area contributed by atoms with Crippen LogP contribution in [0.25, 0.3) is 0 Å². The molecule has 0 unspecified atom stereocenters. The lowest BCUT2D eigenvalue weighted by molar-refractivity contribution is 0.102. The largest absolute Gasteiger partial charge is 0.323 e. The van der Waals surface area contributed by atoms with Crippen LogP contribution in [0.4, 0.5) is 10.8 Å². The third-order valence-electron chi connectivity index (χ3n) is 2.08. The van der Waals surface area contributed by atoms with Gasteiger partial charge in [-0.15, -0.1) is 0 Å². The number of nitrogens with one attached hydrogen (secondary N) is 2. The molecule has 0 radical (unpaired) electrons. The van der Waals surface area contributed by atoms with E-state index in [0.29, 0.717) is 21.4 Å². The second kappa shape index (κ2) is 5.66. The number of nitrogen functional groups attached to an aromatic ring is 1. The summed E-state index contributed by atoms with van der Waals surface area (Å²) in [6.45, 7) is 0. The monoisotopic (exact) mass is 346 g/mol. The molecule has 0 fully saturated rings. The number of hydrogen-bond acceptors (Lipinski definition) is 5. The van der Waals surface area contributed by atoms with Crippen LogP contribution in [-0.2, 0) is 0 Å². The Morgan fingerprint density at radius 1 is 1.50 bits per heavy atom. The Kier molecular flexibility index (Phi) is 4.18. The molecule has 8 heteroatoms. The van der Waals surface area contributed by atoms with Crippen molar-refractivity contribution in [3.05, 3.63) is 38.8 Å².